The summed E-state index contributed by atoms with van der Waals surface area (Å²) < 4.78 is 1.79. The maximum Gasteiger partial charge on any atom is 0.326 e. The number of hydrogen-bond donors (Lipinski definition) is 3. The minimum absolute atomic E-state index is 0.117. The van der Waals surface area contributed by atoms with Gasteiger partial charge in [-0.05, 0) is 29.8 Å². The van der Waals surface area contributed by atoms with Gasteiger partial charge in [0.2, 0.25) is 0 Å². The molecular formula is C21H16Cl2N4O3. The van der Waals surface area contributed by atoms with Gasteiger partial charge in [0.05, 0.1) is 27.6 Å². The number of nitrogens with zero attached hydrogens (tertiary/aromatic N) is 3. The van der Waals surface area contributed by atoms with E-state index < -0.39 is 12.0 Å². The number of aromatic nitrogens is 3. The topological polar surface area (TPSA) is 100 Å². The second-order valence-corrected chi connectivity index (χ2v) is 7.45. The maximum atomic E-state index is 11.9. The molecule has 3 N–H and O–H groups in total. The molecule has 9 heteroatoms. The first kappa shape index (κ1) is 20.0. The molecule has 1 atom stereocenters. The van der Waals surface area contributed by atoms with Crippen molar-refractivity contribution in [3.8, 4) is 11.4 Å². The number of aliphatic carboxylic acids is 1. The Labute approximate surface area is 181 Å². The quantitative estimate of drug-likeness (QED) is 0.405. The number of imidazole rings is 1. The van der Waals surface area contributed by atoms with E-state index in [0.717, 1.165) is 16.6 Å². The van der Waals surface area contributed by atoms with Gasteiger partial charge >= 0.3 is 5.97 Å². The molecule has 152 valence electrons. The third kappa shape index (κ3) is 4.03. The number of fused-ring (bicyclic) bond motifs is 1. The highest BCUT2D eigenvalue weighted by Crippen LogP contribution is 2.34. The van der Waals surface area contributed by atoms with Crippen molar-refractivity contribution in [1.82, 2.24) is 14.5 Å². The Hall–Kier alpha value is -3.29. The Kier molecular flexibility index (Phi) is 5.48. The fraction of sp³-hybridized carbons (Fsp3) is 0.0952. The summed E-state index contributed by atoms with van der Waals surface area (Å²) in [6, 6.07) is 10.7. The van der Waals surface area contributed by atoms with E-state index in [1.165, 1.54) is 12.1 Å². The summed E-state index contributed by atoms with van der Waals surface area (Å²) in [4.78, 5) is 20.5. The highest BCUT2D eigenvalue weighted by Gasteiger charge is 2.20. The highest BCUT2D eigenvalue weighted by molar-refractivity contribution is 6.45. The number of hydrogen-bond acceptors (Lipinski definition) is 5. The van der Waals surface area contributed by atoms with Crippen LogP contribution in [0.2, 0.25) is 10.0 Å². The number of carbonyl (C=O) groups is 1. The number of benzene rings is 2. The third-order valence-electron chi connectivity index (χ3n) is 4.63. The van der Waals surface area contributed by atoms with Crippen LogP contribution in [-0.2, 0) is 11.2 Å². The lowest BCUT2D eigenvalue weighted by atomic mass is 10.1. The molecule has 0 fully saturated rings. The molecular weight excluding hydrogens is 427 g/mol. The minimum atomic E-state index is -1.04. The first-order chi connectivity index (χ1) is 14.4. The van der Waals surface area contributed by atoms with Crippen LogP contribution in [0.3, 0.4) is 0 Å². The summed E-state index contributed by atoms with van der Waals surface area (Å²) in [6.07, 6.45) is 5.24. The molecule has 2 aromatic carbocycles. The zero-order chi connectivity index (χ0) is 21.3. The van der Waals surface area contributed by atoms with Gasteiger partial charge in [-0.25, -0.2) is 14.8 Å². The number of phenols is 1. The molecule has 0 saturated carbocycles. The molecule has 4 rings (SSSR count). The van der Waals surface area contributed by atoms with Crippen LogP contribution in [0.15, 0.2) is 61.2 Å². The molecule has 0 aliphatic rings. The standard InChI is InChI=1S/C21H16Cl2N4O3/c22-15-6-5-14-17(27-8-7-24-11-27)10-18(26-20(14)19(15)23)25-16(21(29)30)9-12-1-3-13(28)4-2-12/h1-8,10-11,16,28H,9H2,(H,25,26)(H,29,30). The van der Waals surface area contributed by atoms with Crippen LogP contribution in [0.25, 0.3) is 16.6 Å². The van der Waals surface area contributed by atoms with Crippen molar-refractivity contribution in [1.29, 1.82) is 0 Å². The first-order valence-electron chi connectivity index (χ1n) is 8.96. The van der Waals surface area contributed by atoms with Crippen molar-refractivity contribution in [3.63, 3.8) is 0 Å². The average Bonchev–Trinajstić information content (AvgIpc) is 3.26. The zero-order valence-corrected chi connectivity index (χ0v) is 17.0. The highest BCUT2D eigenvalue weighted by atomic mass is 35.5. The minimum Gasteiger partial charge on any atom is -0.508 e. The normalized spacial score (nSPS) is 12.1. The molecule has 0 aliphatic heterocycles. The van der Waals surface area contributed by atoms with Crippen LogP contribution in [0.4, 0.5) is 5.82 Å². The Balaban J connectivity index is 1.76. The largest absolute Gasteiger partial charge is 0.508 e. The Morgan fingerprint density at radius 2 is 1.93 bits per heavy atom. The van der Waals surface area contributed by atoms with Gasteiger partial charge in [0, 0.05) is 30.3 Å². The zero-order valence-electron chi connectivity index (χ0n) is 15.5. The van der Waals surface area contributed by atoms with E-state index in [-0.39, 0.29) is 17.2 Å². The molecule has 0 amide bonds. The van der Waals surface area contributed by atoms with Gasteiger partial charge in [0.25, 0.3) is 0 Å². The third-order valence-corrected chi connectivity index (χ3v) is 5.42. The predicted molar refractivity (Wildman–Crippen MR) is 116 cm³/mol. The summed E-state index contributed by atoms with van der Waals surface area (Å²) in [5, 5.41) is 23.5. The predicted octanol–water partition coefficient (Wildman–Crippen LogP) is 4.54. The van der Waals surface area contributed by atoms with Crippen LogP contribution >= 0.6 is 23.2 Å². The number of pyridine rings is 1. The summed E-state index contributed by atoms with van der Waals surface area (Å²) in [5.74, 6) is -0.584. The number of phenolic OH excluding ortho intramolecular Hbond substituents is 1. The number of aromatic hydroxyl groups is 1. The van der Waals surface area contributed by atoms with Gasteiger partial charge in [0.15, 0.2) is 0 Å². The molecule has 0 saturated heterocycles. The van der Waals surface area contributed by atoms with Crippen LogP contribution in [-0.4, -0.2) is 36.8 Å². The van der Waals surface area contributed by atoms with E-state index >= 15 is 0 Å². The van der Waals surface area contributed by atoms with E-state index in [9.17, 15) is 15.0 Å². The van der Waals surface area contributed by atoms with Gasteiger partial charge < -0.3 is 20.1 Å². The van der Waals surface area contributed by atoms with Crippen molar-refractivity contribution < 1.29 is 15.0 Å². The number of anilines is 1. The van der Waals surface area contributed by atoms with Crippen LogP contribution < -0.4 is 5.32 Å². The second-order valence-electron chi connectivity index (χ2n) is 6.66. The van der Waals surface area contributed by atoms with Crippen LogP contribution in [0, 0.1) is 0 Å². The number of halogens is 2. The molecule has 4 aromatic rings. The Morgan fingerprint density at radius 3 is 2.60 bits per heavy atom. The van der Waals surface area contributed by atoms with E-state index in [1.807, 2.05) is 0 Å². The SMILES string of the molecule is O=C(O)C(Cc1ccc(O)cc1)Nc1cc(-n2ccnc2)c2ccc(Cl)c(Cl)c2n1. The van der Waals surface area contributed by atoms with Crippen molar-refractivity contribution in [2.75, 3.05) is 5.32 Å². The second kappa shape index (κ2) is 8.22. The average molecular weight is 443 g/mol. The van der Waals surface area contributed by atoms with E-state index in [0.29, 0.717) is 16.4 Å². The van der Waals surface area contributed by atoms with Gasteiger partial charge in [-0.15, -0.1) is 0 Å². The molecule has 0 radical (unpaired) electrons. The lowest BCUT2D eigenvalue weighted by Crippen LogP contribution is -2.32. The lowest BCUT2D eigenvalue weighted by Gasteiger charge is -2.18. The first-order valence-corrected chi connectivity index (χ1v) is 9.72. The van der Waals surface area contributed by atoms with E-state index in [2.05, 4.69) is 15.3 Å². The van der Waals surface area contributed by atoms with Crippen molar-refractivity contribution in [3.05, 3.63) is 76.8 Å². The van der Waals surface area contributed by atoms with E-state index in [4.69, 9.17) is 23.2 Å². The molecule has 0 bridgehead atoms. The smallest absolute Gasteiger partial charge is 0.326 e. The Morgan fingerprint density at radius 1 is 1.17 bits per heavy atom. The molecule has 30 heavy (non-hydrogen) atoms. The summed E-state index contributed by atoms with van der Waals surface area (Å²) in [7, 11) is 0. The number of carboxylic acid groups (broad SMARTS) is 1. The molecule has 0 aliphatic carbocycles. The van der Waals surface area contributed by atoms with Crippen LogP contribution in [0.5, 0.6) is 5.75 Å². The molecule has 0 spiro atoms. The molecule has 2 aromatic heterocycles. The summed E-state index contributed by atoms with van der Waals surface area (Å²) >= 11 is 12.6. The van der Waals surface area contributed by atoms with E-state index in [1.54, 1.807) is 53.6 Å². The number of carboxylic acids is 1. The fourth-order valence-corrected chi connectivity index (χ4v) is 3.51. The van der Waals surface area contributed by atoms with Crippen molar-refractivity contribution in [2.24, 2.45) is 0 Å². The lowest BCUT2D eigenvalue weighted by molar-refractivity contribution is -0.137. The maximum absolute atomic E-state index is 11.9. The van der Waals surface area contributed by atoms with Crippen molar-refractivity contribution >= 4 is 45.9 Å². The summed E-state index contributed by atoms with van der Waals surface area (Å²) in [6.45, 7) is 0. The number of nitrogens with one attached hydrogen (secondary N) is 1. The Bertz CT molecular complexity index is 1210. The number of rotatable bonds is 6. The van der Waals surface area contributed by atoms with Gasteiger partial charge in [-0.1, -0.05) is 35.3 Å². The van der Waals surface area contributed by atoms with Crippen LogP contribution in [0.1, 0.15) is 5.56 Å². The van der Waals surface area contributed by atoms with Gasteiger partial charge in [0.1, 0.15) is 17.6 Å². The summed E-state index contributed by atoms with van der Waals surface area (Å²) in [5.41, 5.74) is 1.93. The van der Waals surface area contributed by atoms with Gasteiger partial charge in [-0.2, -0.15) is 0 Å². The van der Waals surface area contributed by atoms with Gasteiger partial charge in [-0.3, -0.25) is 0 Å². The molecule has 7 nitrogen and oxygen atoms in total. The molecule has 1 unspecified atom stereocenters. The monoisotopic (exact) mass is 442 g/mol. The molecule has 2 heterocycles. The fourth-order valence-electron chi connectivity index (χ4n) is 3.15. The van der Waals surface area contributed by atoms with Crippen molar-refractivity contribution in [2.45, 2.75) is 12.5 Å².